The van der Waals surface area contributed by atoms with Gasteiger partial charge < -0.3 is 20.5 Å². The van der Waals surface area contributed by atoms with Crippen LogP contribution in [0, 0.1) is 23.0 Å². The Morgan fingerprint density at radius 2 is 1.84 bits per heavy atom. The monoisotopic (exact) mass is 453 g/mol. The van der Waals surface area contributed by atoms with E-state index in [0.29, 0.717) is 18.1 Å². The predicted octanol–water partition coefficient (Wildman–Crippen LogP) is 3.85. The molecule has 0 spiro atoms. The van der Waals surface area contributed by atoms with Gasteiger partial charge in [-0.25, -0.2) is 8.78 Å². The first-order chi connectivity index (χ1) is 14.4. The number of nitrogen functional groups attached to an aromatic ring is 1. The highest BCUT2D eigenvalue weighted by Crippen LogP contribution is 2.32. The molecule has 0 radical (unpaired) electrons. The molecule has 0 aromatic heterocycles. The number of nitrogens with two attached hydrogens (primary N) is 1. The Bertz CT molecular complexity index is 898. The van der Waals surface area contributed by atoms with Crippen LogP contribution in [0.5, 0.6) is 5.75 Å². The van der Waals surface area contributed by atoms with Crippen molar-refractivity contribution in [2.75, 3.05) is 13.2 Å². The Kier molecular flexibility index (Phi) is 8.76. The number of carbonyl (C=O) groups excluding carboxylic acids is 1. The minimum atomic E-state index is -1.43. The average Bonchev–Trinajstić information content (AvgIpc) is 3.54. The molecule has 3 rings (SSSR count). The lowest BCUT2D eigenvalue weighted by Crippen LogP contribution is -2.31. The zero-order valence-electron chi connectivity index (χ0n) is 17.1. The van der Waals surface area contributed by atoms with E-state index >= 15 is 0 Å². The number of carbonyl (C=O) groups is 1. The molecule has 1 atom stereocenters. The number of amides is 1. The Balaban J connectivity index is 0.00000341. The second kappa shape index (κ2) is 11.1. The van der Waals surface area contributed by atoms with Crippen molar-refractivity contribution in [1.82, 2.24) is 5.32 Å². The summed E-state index contributed by atoms with van der Waals surface area (Å²) in [6.45, 7) is 2.30. The number of nitrogens with one attached hydrogen (secondary N) is 2. The molecule has 1 saturated carbocycles. The third-order valence-corrected chi connectivity index (χ3v) is 4.80. The number of hydrogen-bond acceptors (Lipinski definition) is 4. The van der Waals surface area contributed by atoms with E-state index in [0.717, 1.165) is 30.5 Å². The molecule has 0 unspecified atom stereocenters. The van der Waals surface area contributed by atoms with Crippen molar-refractivity contribution in [2.45, 2.75) is 32.4 Å². The molecule has 0 heterocycles. The third kappa shape index (κ3) is 6.63. The molecule has 0 aliphatic heterocycles. The highest BCUT2D eigenvalue weighted by molar-refractivity contribution is 5.94. The van der Waals surface area contributed by atoms with Gasteiger partial charge in [-0.3, -0.25) is 10.2 Å². The number of hydrogen-bond donors (Lipinski definition) is 3. The normalized spacial score (nSPS) is 13.8. The first-order valence-corrected chi connectivity index (χ1v) is 9.83. The van der Waals surface area contributed by atoms with Crippen LogP contribution in [0.1, 0.15) is 42.6 Å². The fourth-order valence-corrected chi connectivity index (χ4v) is 2.93. The van der Waals surface area contributed by atoms with Crippen molar-refractivity contribution in [3.63, 3.8) is 0 Å². The lowest BCUT2D eigenvalue weighted by atomic mass is 10.1. The first-order valence-electron chi connectivity index (χ1n) is 9.83. The molecule has 168 valence electrons. The molecule has 31 heavy (non-hydrogen) atoms. The Hall–Kier alpha value is -2.71. The van der Waals surface area contributed by atoms with E-state index in [9.17, 15) is 13.6 Å². The molecule has 1 aliphatic carbocycles. The summed E-state index contributed by atoms with van der Waals surface area (Å²) in [4.78, 5) is 12.6. The molecule has 1 fully saturated rings. The van der Waals surface area contributed by atoms with Gasteiger partial charge in [0.2, 0.25) is 0 Å². The van der Waals surface area contributed by atoms with Crippen molar-refractivity contribution in [3.05, 3.63) is 64.7 Å². The molecule has 0 bridgehead atoms. The van der Waals surface area contributed by atoms with Gasteiger partial charge in [0, 0.05) is 30.8 Å². The van der Waals surface area contributed by atoms with Crippen LogP contribution in [0.2, 0.25) is 0 Å². The smallest absolute Gasteiger partial charge is 0.254 e. The van der Waals surface area contributed by atoms with Crippen molar-refractivity contribution < 1.29 is 23.0 Å². The summed E-state index contributed by atoms with van der Waals surface area (Å²) in [5.74, 6) is -1.95. The van der Waals surface area contributed by atoms with Gasteiger partial charge in [-0.05, 0) is 31.2 Å². The number of ether oxygens (including phenoxy) is 2. The van der Waals surface area contributed by atoms with E-state index in [2.05, 4.69) is 5.32 Å². The van der Waals surface area contributed by atoms with E-state index in [1.165, 1.54) is 0 Å². The summed E-state index contributed by atoms with van der Waals surface area (Å²) in [6.07, 6.45) is 0.698. The van der Waals surface area contributed by atoms with Crippen LogP contribution < -0.4 is 15.8 Å². The molecule has 4 N–H and O–H groups in total. The van der Waals surface area contributed by atoms with Gasteiger partial charge >= 0.3 is 0 Å². The molecular weight excluding hydrogens is 428 g/mol. The van der Waals surface area contributed by atoms with Gasteiger partial charge in [-0.1, -0.05) is 24.3 Å². The number of benzene rings is 2. The summed E-state index contributed by atoms with van der Waals surface area (Å²) < 4.78 is 40.1. The molecule has 1 amide bonds. The number of amidine groups is 1. The predicted molar refractivity (Wildman–Crippen MR) is 115 cm³/mol. The Morgan fingerprint density at radius 3 is 2.35 bits per heavy atom. The highest BCUT2D eigenvalue weighted by Gasteiger charge is 2.29. The van der Waals surface area contributed by atoms with Gasteiger partial charge in [-0.15, -0.1) is 12.4 Å². The van der Waals surface area contributed by atoms with Gasteiger partial charge in [0.05, 0.1) is 12.2 Å². The van der Waals surface area contributed by atoms with E-state index < -0.39 is 29.2 Å². The minimum Gasteiger partial charge on any atom is -0.493 e. The van der Waals surface area contributed by atoms with Crippen LogP contribution in [-0.2, 0) is 16.1 Å². The van der Waals surface area contributed by atoms with E-state index in [4.69, 9.17) is 20.6 Å². The topological polar surface area (TPSA) is 97.4 Å². The van der Waals surface area contributed by atoms with Gasteiger partial charge in [0.25, 0.3) is 5.91 Å². The molecular formula is C22H26ClF2N3O3. The molecule has 9 heteroatoms. The van der Waals surface area contributed by atoms with Crippen LogP contribution in [0.15, 0.2) is 36.4 Å². The molecule has 2 aromatic carbocycles. The summed E-state index contributed by atoms with van der Waals surface area (Å²) in [7, 11) is 0. The van der Waals surface area contributed by atoms with E-state index in [-0.39, 0.29) is 37.1 Å². The summed E-state index contributed by atoms with van der Waals surface area (Å²) >= 11 is 0. The standard InChI is InChI=1S/C22H25F2N3O3.ClH/c1-2-29-20(22(28)27-11-13-5-7-15(8-6-13)21(25)26)19-17(23)9-16(10-18(19)24)30-12-14-3-4-14;/h5-10,14,20H,2-4,11-12H2,1H3,(H3,25,26)(H,27,28);1H/t20-;/m0./s1. The van der Waals surface area contributed by atoms with Crippen molar-refractivity contribution in [2.24, 2.45) is 11.7 Å². The largest absolute Gasteiger partial charge is 0.493 e. The SMILES string of the molecule is CCO[C@H](C(=O)NCc1ccc(C(=N)N)cc1)c1c(F)cc(OCC2CC2)cc1F.Cl. The lowest BCUT2D eigenvalue weighted by molar-refractivity contribution is -0.133. The summed E-state index contributed by atoms with van der Waals surface area (Å²) in [6, 6.07) is 8.90. The lowest BCUT2D eigenvalue weighted by Gasteiger charge is -2.19. The van der Waals surface area contributed by atoms with Crippen molar-refractivity contribution in [1.29, 1.82) is 5.41 Å². The Labute approximate surface area is 186 Å². The van der Waals surface area contributed by atoms with E-state index in [1.807, 2.05) is 0 Å². The van der Waals surface area contributed by atoms with Gasteiger partial charge in [-0.2, -0.15) is 0 Å². The molecule has 1 aliphatic rings. The molecule has 0 saturated heterocycles. The maximum absolute atomic E-state index is 14.7. The Morgan fingerprint density at radius 1 is 1.23 bits per heavy atom. The molecule has 2 aromatic rings. The van der Waals surface area contributed by atoms with Gasteiger partial charge in [0.15, 0.2) is 6.10 Å². The summed E-state index contributed by atoms with van der Waals surface area (Å²) in [5.41, 5.74) is 6.28. The van der Waals surface area contributed by atoms with E-state index in [1.54, 1.807) is 31.2 Å². The van der Waals surface area contributed by atoms with Crippen LogP contribution >= 0.6 is 12.4 Å². The highest BCUT2D eigenvalue weighted by atomic mass is 35.5. The quantitative estimate of drug-likeness (QED) is 0.376. The third-order valence-electron chi connectivity index (χ3n) is 4.80. The van der Waals surface area contributed by atoms with Crippen LogP contribution in [-0.4, -0.2) is 25.0 Å². The summed E-state index contributed by atoms with van der Waals surface area (Å²) in [5, 5.41) is 10.0. The zero-order valence-corrected chi connectivity index (χ0v) is 17.9. The minimum absolute atomic E-state index is 0. The number of rotatable bonds is 10. The molecule has 6 nitrogen and oxygen atoms in total. The van der Waals surface area contributed by atoms with Crippen LogP contribution in [0.4, 0.5) is 8.78 Å². The fraction of sp³-hybridized carbons (Fsp3) is 0.364. The van der Waals surface area contributed by atoms with Crippen molar-refractivity contribution >= 4 is 24.1 Å². The van der Waals surface area contributed by atoms with Crippen molar-refractivity contribution in [3.8, 4) is 5.75 Å². The fourth-order valence-electron chi connectivity index (χ4n) is 2.93. The maximum atomic E-state index is 14.7. The number of halogens is 3. The van der Waals surface area contributed by atoms with Crippen LogP contribution in [0.25, 0.3) is 0 Å². The zero-order chi connectivity index (χ0) is 21.7. The first kappa shape index (κ1) is 24.6. The van der Waals surface area contributed by atoms with Gasteiger partial charge in [0.1, 0.15) is 23.2 Å². The average molecular weight is 454 g/mol. The second-order valence-electron chi connectivity index (χ2n) is 7.22. The van der Waals surface area contributed by atoms with Crippen LogP contribution in [0.3, 0.4) is 0 Å². The second-order valence-corrected chi connectivity index (χ2v) is 7.22. The maximum Gasteiger partial charge on any atom is 0.254 e.